The number of halogens is 2. The lowest BCUT2D eigenvalue weighted by molar-refractivity contribution is 0.0830. The smallest absolute Gasteiger partial charge is 0.252 e. The third-order valence-electron chi connectivity index (χ3n) is 3.92. The lowest BCUT2D eigenvalue weighted by Crippen LogP contribution is -2.44. The largest absolute Gasteiger partial charge is 0.396 e. The molecule has 19 heavy (non-hydrogen) atoms. The summed E-state index contributed by atoms with van der Waals surface area (Å²) in [5.74, 6) is -0.152. The van der Waals surface area contributed by atoms with Gasteiger partial charge in [-0.25, -0.2) is 0 Å². The first-order valence-corrected chi connectivity index (χ1v) is 7.50. The summed E-state index contributed by atoms with van der Waals surface area (Å²) in [5.41, 5.74) is 0.306. The minimum absolute atomic E-state index is 0.0101. The second kappa shape index (κ2) is 5.81. The van der Waals surface area contributed by atoms with Crippen molar-refractivity contribution in [1.29, 1.82) is 0 Å². The van der Waals surface area contributed by atoms with Gasteiger partial charge in [0.05, 0.1) is 12.2 Å². The maximum absolute atomic E-state index is 12.3. The predicted molar refractivity (Wildman–Crippen MR) is 79.5 cm³/mol. The molecule has 2 unspecified atom stereocenters. The Bertz CT molecular complexity index is 494. The van der Waals surface area contributed by atoms with E-state index in [0.29, 0.717) is 10.6 Å². The molecule has 3 nitrogen and oxygen atoms in total. The van der Waals surface area contributed by atoms with Crippen molar-refractivity contribution in [1.82, 2.24) is 5.32 Å². The van der Waals surface area contributed by atoms with Gasteiger partial charge in [-0.2, -0.15) is 0 Å². The Morgan fingerprint density at radius 3 is 3.05 bits per heavy atom. The number of aliphatic hydroxyl groups is 1. The zero-order valence-corrected chi connectivity index (χ0v) is 13.1. The number of aliphatic hydroxyl groups excluding tert-OH is 1. The van der Waals surface area contributed by atoms with Crippen molar-refractivity contribution >= 4 is 33.4 Å². The molecule has 0 bridgehead atoms. The van der Waals surface area contributed by atoms with Crippen LogP contribution in [0.1, 0.15) is 36.5 Å². The summed E-state index contributed by atoms with van der Waals surface area (Å²) in [6.45, 7) is 2.10. The molecule has 0 radical (unpaired) electrons. The van der Waals surface area contributed by atoms with E-state index in [4.69, 9.17) is 11.6 Å². The second-order valence-electron chi connectivity index (χ2n) is 5.35. The number of nitrogens with one attached hydrogen (secondary N) is 1. The molecule has 1 aliphatic carbocycles. The Morgan fingerprint density at radius 2 is 2.37 bits per heavy atom. The van der Waals surface area contributed by atoms with Gasteiger partial charge in [-0.05, 0) is 47.0 Å². The zero-order chi connectivity index (χ0) is 14.0. The van der Waals surface area contributed by atoms with Gasteiger partial charge in [-0.3, -0.25) is 4.79 Å². The standard InChI is InChI=1S/C14H17BrClNO2/c1-14(8-18)6-2-3-12(14)17-13(19)10-7-9(16)4-5-11(10)15/h4-5,7,12,18H,2-3,6,8H2,1H3,(H,17,19). The Labute approximate surface area is 126 Å². The lowest BCUT2D eigenvalue weighted by Gasteiger charge is -2.30. The summed E-state index contributed by atoms with van der Waals surface area (Å²) >= 11 is 9.28. The van der Waals surface area contributed by atoms with Gasteiger partial charge in [-0.15, -0.1) is 0 Å². The van der Waals surface area contributed by atoms with E-state index in [-0.39, 0.29) is 24.0 Å². The van der Waals surface area contributed by atoms with E-state index in [1.807, 2.05) is 6.92 Å². The van der Waals surface area contributed by atoms with Crippen molar-refractivity contribution in [2.75, 3.05) is 6.61 Å². The summed E-state index contributed by atoms with van der Waals surface area (Å²) in [4.78, 5) is 12.3. The van der Waals surface area contributed by atoms with E-state index >= 15 is 0 Å². The van der Waals surface area contributed by atoms with Crippen LogP contribution in [0.4, 0.5) is 0 Å². The van der Waals surface area contributed by atoms with Crippen LogP contribution in [-0.4, -0.2) is 23.7 Å². The first-order valence-electron chi connectivity index (χ1n) is 6.33. The molecule has 5 heteroatoms. The van der Waals surface area contributed by atoms with Crippen molar-refractivity contribution in [3.05, 3.63) is 33.3 Å². The molecule has 1 saturated carbocycles. The average Bonchev–Trinajstić information content (AvgIpc) is 2.74. The fourth-order valence-electron chi connectivity index (χ4n) is 2.58. The highest BCUT2D eigenvalue weighted by atomic mass is 79.9. The average molecular weight is 347 g/mol. The van der Waals surface area contributed by atoms with Crippen LogP contribution >= 0.6 is 27.5 Å². The highest BCUT2D eigenvalue weighted by Crippen LogP contribution is 2.37. The molecule has 0 spiro atoms. The monoisotopic (exact) mass is 345 g/mol. The summed E-state index contributed by atoms with van der Waals surface area (Å²) < 4.78 is 0.720. The highest BCUT2D eigenvalue weighted by Gasteiger charge is 2.39. The van der Waals surface area contributed by atoms with E-state index in [0.717, 1.165) is 23.7 Å². The molecule has 104 valence electrons. The number of rotatable bonds is 3. The molecule has 0 saturated heterocycles. The molecule has 1 amide bonds. The maximum atomic E-state index is 12.3. The predicted octanol–water partition coefficient (Wildman–Crippen LogP) is 3.38. The molecule has 2 N–H and O–H groups in total. The Balaban J connectivity index is 2.15. The minimum atomic E-state index is -0.222. The van der Waals surface area contributed by atoms with E-state index in [2.05, 4.69) is 21.2 Å². The second-order valence-corrected chi connectivity index (χ2v) is 6.65. The van der Waals surface area contributed by atoms with Crippen LogP contribution in [0, 0.1) is 5.41 Å². The number of benzene rings is 1. The maximum Gasteiger partial charge on any atom is 0.252 e. The molecule has 2 atom stereocenters. The Morgan fingerprint density at radius 1 is 1.63 bits per heavy atom. The van der Waals surface area contributed by atoms with E-state index < -0.39 is 0 Å². The number of hydrogen-bond donors (Lipinski definition) is 2. The van der Waals surface area contributed by atoms with Crippen LogP contribution in [0.25, 0.3) is 0 Å². The Kier molecular flexibility index (Phi) is 4.54. The van der Waals surface area contributed by atoms with Gasteiger partial charge in [0.2, 0.25) is 0 Å². The van der Waals surface area contributed by atoms with Gasteiger partial charge in [0.1, 0.15) is 0 Å². The molecule has 1 fully saturated rings. The van der Waals surface area contributed by atoms with Gasteiger partial charge in [0, 0.05) is 21.0 Å². The summed E-state index contributed by atoms with van der Waals surface area (Å²) in [5, 5.41) is 13.0. The fourth-order valence-corrected chi connectivity index (χ4v) is 3.17. The van der Waals surface area contributed by atoms with Crippen LogP contribution in [0.3, 0.4) is 0 Å². The summed E-state index contributed by atoms with van der Waals surface area (Å²) in [6.07, 6.45) is 2.87. The van der Waals surface area contributed by atoms with Crippen molar-refractivity contribution in [2.24, 2.45) is 5.41 Å². The highest BCUT2D eigenvalue weighted by molar-refractivity contribution is 9.10. The van der Waals surface area contributed by atoms with Crippen molar-refractivity contribution in [2.45, 2.75) is 32.2 Å². The molecule has 1 aromatic rings. The van der Waals surface area contributed by atoms with Crippen molar-refractivity contribution in [3.8, 4) is 0 Å². The fraction of sp³-hybridized carbons (Fsp3) is 0.500. The molecular formula is C14H17BrClNO2. The molecule has 0 aromatic heterocycles. The van der Waals surface area contributed by atoms with Crippen LogP contribution in [0.15, 0.2) is 22.7 Å². The van der Waals surface area contributed by atoms with Gasteiger partial charge >= 0.3 is 0 Å². The van der Waals surface area contributed by atoms with Crippen LogP contribution in [0.2, 0.25) is 5.02 Å². The first kappa shape index (κ1) is 14.8. The van der Waals surface area contributed by atoms with Crippen LogP contribution in [-0.2, 0) is 0 Å². The number of carbonyl (C=O) groups is 1. The zero-order valence-electron chi connectivity index (χ0n) is 10.7. The third-order valence-corrected chi connectivity index (χ3v) is 4.85. The van der Waals surface area contributed by atoms with Crippen molar-refractivity contribution < 1.29 is 9.90 Å². The lowest BCUT2D eigenvalue weighted by atomic mass is 9.85. The van der Waals surface area contributed by atoms with E-state index in [1.165, 1.54) is 0 Å². The van der Waals surface area contributed by atoms with E-state index in [9.17, 15) is 9.90 Å². The molecule has 0 heterocycles. The molecular weight excluding hydrogens is 330 g/mol. The summed E-state index contributed by atoms with van der Waals surface area (Å²) in [6, 6.07) is 5.15. The number of hydrogen-bond acceptors (Lipinski definition) is 2. The number of amides is 1. The van der Waals surface area contributed by atoms with E-state index in [1.54, 1.807) is 18.2 Å². The minimum Gasteiger partial charge on any atom is -0.396 e. The summed E-state index contributed by atoms with van der Waals surface area (Å²) in [7, 11) is 0. The topological polar surface area (TPSA) is 49.3 Å². The Hall–Kier alpha value is -0.580. The normalized spacial score (nSPS) is 26.4. The van der Waals surface area contributed by atoms with Gasteiger partial charge in [0.25, 0.3) is 5.91 Å². The van der Waals surface area contributed by atoms with Crippen molar-refractivity contribution in [3.63, 3.8) is 0 Å². The first-order chi connectivity index (χ1) is 8.96. The molecule has 1 aliphatic rings. The van der Waals surface area contributed by atoms with Gasteiger partial charge in [-0.1, -0.05) is 24.9 Å². The quantitative estimate of drug-likeness (QED) is 0.881. The molecule has 2 rings (SSSR count). The van der Waals surface area contributed by atoms with Gasteiger partial charge in [0.15, 0.2) is 0 Å². The SMILES string of the molecule is CC1(CO)CCCC1NC(=O)c1cc(Cl)ccc1Br. The molecule has 1 aromatic carbocycles. The van der Waals surface area contributed by atoms with Gasteiger partial charge < -0.3 is 10.4 Å². The van der Waals surface area contributed by atoms with Crippen LogP contribution in [0.5, 0.6) is 0 Å². The van der Waals surface area contributed by atoms with Crippen LogP contribution < -0.4 is 5.32 Å². The number of carbonyl (C=O) groups excluding carboxylic acids is 1. The third kappa shape index (κ3) is 3.12. The molecule has 0 aliphatic heterocycles.